The average molecular weight is 465 g/mol. The maximum atomic E-state index is 14.4. The van der Waals surface area contributed by atoms with Gasteiger partial charge in [0.25, 0.3) is 0 Å². The number of amides is 1. The van der Waals surface area contributed by atoms with Gasteiger partial charge in [0.2, 0.25) is 5.91 Å². The zero-order valence-electron chi connectivity index (χ0n) is 21.9. The van der Waals surface area contributed by atoms with Gasteiger partial charge >= 0.3 is 0 Å². The van der Waals surface area contributed by atoms with Crippen molar-refractivity contribution in [3.05, 3.63) is 42.1 Å². The number of rotatable bonds is 7. The first-order valence-corrected chi connectivity index (χ1v) is 13.5. The third-order valence-electron chi connectivity index (χ3n) is 8.52. The largest absolute Gasteiger partial charge is 0.304 e. The highest BCUT2D eigenvalue weighted by atomic mass is 16.2. The van der Waals surface area contributed by atoms with Crippen LogP contribution in [0.4, 0.5) is 5.69 Å². The minimum absolute atomic E-state index is 0.0359. The molecule has 2 aliphatic heterocycles. The Balaban J connectivity index is 1.80. The Morgan fingerprint density at radius 2 is 1.68 bits per heavy atom. The molecule has 3 fully saturated rings. The van der Waals surface area contributed by atoms with E-state index in [2.05, 4.69) is 68.5 Å². The minimum atomic E-state index is -0.368. The van der Waals surface area contributed by atoms with Crippen LogP contribution in [0, 0.1) is 18.3 Å². The molecule has 1 saturated carbocycles. The summed E-state index contributed by atoms with van der Waals surface area (Å²) in [6, 6.07) is 8.44. The number of amidine groups is 1. The van der Waals surface area contributed by atoms with Gasteiger partial charge < -0.3 is 4.90 Å². The molecular formula is C29H44N4O. The van der Waals surface area contributed by atoms with E-state index in [4.69, 9.17) is 4.99 Å². The molecule has 186 valence electrons. The van der Waals surface area contributed by atoms with E-state index in [0.29, 0.717) is 5.92 Å². The Labute approximate surface area is 206 Å². The molecule has 1 atom stereocenters. The van der Waals surface area contributed by atoms with Crippen LogP contribution in [0.1, 0.15) is 70.8 Å². The summed E-state index contributed by atoms with van der Waals surface area (Å²) in [5.74, 6) is 1.78. The van der Waals surface area contributed by atoms with Crippen LogP contribution in [0.5, 0.6) is 0 Å². The lowest BCUT2D eigenvalue weighted by molar-refractivity contribution is -0.130. The lowest BCUT2D eigenvalue weighted by atomic mass is 9.69. The zero-order chi connectivity index (χ0) is 24.3. The smallest absolute Gasteiger partial charge is 0.240 e. The molecule has 34 heavy (non-hydrogen) atoms. The molecule has 3 aliphatic rings. The molecule has 1 aromatic rings. The summed E-state index contributed by atoms with van der Waals surface area (Å²) in [6.45, 7) is 15.0. The first-order valence-electron chi connectivity index (χ1n) is 13.5. The van der Waals surface area contributed by atoms with Crippen molar-refractivity contribution in [2.45, 2.75) is 78.2 Å². The molecule has 1 aromatic carbocycles. The molecule has 2 heterocycles. The number of carbonyl (C=O) groups is 1. The van der Waals surface area contributed by atoms with Gasteiger partial charge in [-0.25, -0.2) is 4.99 Å². The van der Waals surface area contributed by atoms with Gasteiger partial charge in [-0.1, -0.05) is 70.2 Å². The first kappa shape index (κ1) is 25.1. The summed E-state index contributed by atoms with van der Waals surface area (Å²) >= 11 is 0. The number of anilines is 1. The molecule has 1 spiro atoms. The fourth-order valence-electron chi connectivity index (χ4n) is 6.25. The molecule has 0 aromatic heterocycles. The first-order chi connectivity index (χ1) is 16.4. The van der Waals surface area contributed by atoms with Crippen LogP contribution in [0.15, 0.2) is 41.5 Å². The van der Waals surface area contributed by atoms with Crippen LogP contribution in [0.25, 0.3) is 0 Å². The fraction of sp³-hybridized carbons (Fsp3) is 0.655. The standard InChI is InChI=1S/C29H44N4O/c1-6-24(7-2)21-23(4)30-27-26(32-19-17-31(5)18-20-32)29(15-9-8-10-16-29)28(34)33(27)25-13-11-22(3)12-14-25/h11-14,24,26H,4,6-10,15-21H2,1-3,5H3/b30-27-. The minimum Gasteiger partial charge on any atom is -0.304 e. The van der Waals surface area contributed by atoms with Crippen LogP contribution < -0.4 is 4.90 Å². The fourth-order valence-corrected chi connectivity index (χ4v) is 6.25. The Morgan fingerprint density at radius 1 is 1.06 bits per heavy atom. The maximum absolute atomic E-state index is 14.4. The van der Waals surface area contributed by atoms with Crippen molar-refractivity contribution in [1.29, 1.82) is 0 Å². The van der Waals surface area contributed by atoms with Crippen molar-refractivity contribution in [3.8, 4) is 0 Å². The molecule has 5 nitrogen and oxygen atoms in total. The average Bonchev–Trinajstić information content (AvgIpc) is 3.06. The number of carbonyl (C=O) groups excluding carboxylic acids is 1. The molecule has 1 amide bonds. The summed E-state index contributed by atoms with van der Waals surface area (Å²) in [6.07, 6.45) is 8.56. The van der Waals surface area contributed by atoms with Gasteiger partial charge in [-0.05, 0) is 51.3 Å². The second kappa shape index (κ2) is 10.7. The number of aliphatic imine (C=N–C) groups is 1. The summed E-state index contributed by atoms with van der Waals surface area (Å²) in [4.78, 5) is 26.6. The van der Waals surface area contributed by atoms with E-state index in [0.717, 1.165) is 88.3 Å². The number of benzene rings is 1. The molecule has 0 radical (unpaired) electrons. The second-order valence-corrected chi connectivity index (χ2v) is 10.9. The van der Waals surface area contributed by atoms with E-state index >= 15 is 0 Å². The van der Waals surface area contributed by atoms with Crippen LogP contribution in [0.3, 0.4) is 0 Å². The summed E-state index contributed by atoms with van der Waals surface area (Å²) < 4.78 is 0. The second-order valence-electron chi connectivity index (χ2n) is 10.9. The van der Waals surface area contributed by atoms with Crippen molar-refractivity contribution in [2.24, 2.45) is 16.3 Å². The summed E-state index contributed by atoms with van der Waals surface area (Å²) in [5, 5.41) is 0. The molecule has 0 N–H and O–H groups in total. The van der Waals surface area contributed by atoms with E-state index in [1.165, 1.54) is 12.0 Å². The third-order valence-corrected chi connectivity index (χ3v) is 8.52. The van der Waals surface area contributed by atoms with Gasteiger partial charge in [-0.3, -0.25) is 14.6 Å². The SMILES string of the molecule is C=C(CC(CC)CC)/N=C1/C(N2CCN(C)CC2)C2(CCCCC2)C(=O)N1c1ccc(C)cc1. The summed E-state index contributed by atoms with van der Waals surface area (Å²) in [7, 11) is 2.19. The van der Waals surface area contributed by atoms with Gasteiger partial charge in [-0.15, -0.1) is 0 Å². The van der Waals surface area contributed by atoms with E-state index in [1.807, 2.05) is 4.90 Å². The molecular weight excluding hydrogens is 420 g/mol. The van der Waals surface area contributed by atoms with Crippen molar-refractivity contribution in [2.75, 3.05) is 38.1 Å². The quantitative estimate of drug-likeness (QED) is 0.524. The number of likely N-dealkylation sites (N-methyl/N-ethyl adjacent to an activating group) is 1. The Kier molecular flexibility index (Phi) is 7.94. The Hall–Kier alpha value is -1.98. The zero-order valence-corrected chi connectivity index (χ0v) is 21.9. The topological polar surface area (TPSA) is 39.1 Å². The van der Waals surface area contributed by atoms with Crippen LogP contribution in [0.2, 0.25) is 0 Å². The lowest BCUT2D eigenvalue weighted by Gasteiger charge is -2.44. The normalized spacial score (nSPS) is 25.1. The van der Waals surface area contributed by atoms with Crippen molar-refractivity contribution >= 4 is 17.4 Å². The molecule has 2 saturated heterocycles. The highest BCUT2D eigenvalue weighted by Crippen LogP contribution is 2.49. The number of nitrogens with zero attached hydrogens (tertiary/aromatic N) is 4. The van der Waals surface area contributed by atoms with Crippen molar-refractivity contribution in [3.63, 3.8) is 0 Å². The Bertz CT molecular complexity index is 887. The molecule has 4 rings (SSSR count). The number of allylic oxidation sites excluding steroid dienone is 1. The predicted octanol–water partition coefficient (Wildman–Crippen LogP) is 5.65. The lowest BCUT2D eigenvalue weighted by Crippen LogP contribution is -2.57. The monoisotopic (exact) mass is 464 g/mol. The highest BCUT2D eigenvalue weighted by molar-refractivity contribution is 6.27. The highest BCUT2D eigenvalue weighted by Gasteiger charge is 2.60. The van der Waals surface area contributed by atoms with Crippen LogP contribution >= 0.6 is 0 Å². The molecule has 1 aliphatic carbocycles. The third kappa shape index (κ3) is 4.87. The van der Waals surface area contributed by atoms with Gasteiger partial charge in [0.15, 0.2) is 0 Å². The van der Waals surface area contributed by atoms with E-state index in [9.17, 15) is 4.79 Å². The summed E-state index contributed by atoms with van der Waals surface area (Å²) in [5.41, 5.74) is 2.70. The van der Waals surface area contributed by atoms with E-state index in [-0.39, 0.29) is 17.4 Å². The van der Waals surface area contributed by atoms with Crippen LogP contribution in [-0.4, -0.2) is 60.8 Å². The van der Waals surface area contributed by atoms with Gasteiger partial charge in [0.05, 0.1) is 17.1 Å². The van der Waals surface area contributed by atoms with Crippen LogP contribution in [-0.2, 0) is 4.79 Å². The van der Waals surface area contributed by atoms with Gasteiger partial charge in [0.1, 0.15) is 5.84 Å². The van der Waals surface area contributed by atoms with Gasteiger partial charge in [-0.2, -0.15) is 0 Å². The molecule has 0 bridgehead atoms. The van der Waals surface area contributed by atoms with Crippen molar-refractivity contribution in [1.82, 2.24) is 9.80 Å². The predicted molar refractivity (Wildman–Crippen MR) is 142 cm³/mol. The number of hydrogen-bond acceptors (Lipinski definition) is 4. The number of aryl methyl sites for hydroxylation is 1. The van der Waals surface area contributed by atoms with Crippen molar-refractivity contribution < 1.29 is 4.79 Å². The van der Waals surface area contributed by atoms with E-state index in [1.54, 1.807) is 0 Å². The maximum Gasteiger partial charge on any atom is 0.240 e. The molecule has 1 unspecified atom stereocenters. The molecule has 5 heteroatoms. The Morgan fingerprint density at radius 3 is 2.26 bits per heavy atom. The number of piperazine rings is 1. The van der Waals surface area contributed by atoms with Gasteiger partial charge in [0, 0.05) is 31.9 Å². The number of hydrogen-bond donors (Lipinski definition) is 0. The van der Waals surface area contributed by atoms with E-state index < -0.39 is 0 Å².